The highest BCUT2D eigenvalue weighted by Crippen LogP contribution is 2.32. The Morgan fingerprint density at radius 1 is 1.10 bits per heavy atom. The van der Waals surface area contributed by atoms with Gasteiger partial charge in [0.15, 0.2) is 0 Å². The molecule has 0 radical (unpaired) electrons. The van der Waals surface area contributed by atoms with Crippen molar-refractivity contribution in [2.75, 3.05) is 33.2 Å². The number of likely N-dealkylation sites (N-methyl/N-ethyl adjacent to an activating group) is 1. The lowest BCUT2D eigenvalue weighted by Crippen LogP contribution is -2.61. The number of nitrogens with zero attached hydrogens (tertiary/aromatic N) is 2. The van der Waals surface area contributed by atoms with Gasteiger partial charge < -0.3 is 15.0 Å². The molecule has 1 amide bonds. The molecule has 0 aromatic heterocycles. The van der Waals surface area contributed by atoms with E-state index in [0.717, 1.165) is 50.1 Å². The Kier molecular flexibility index (Phi) is 6.70. The summed E-state index contributed by atoms with van der Waals surface area (Å²) in [6, 6.07) is 14.9. The van der Waals surface area contributed by atoms with E-state index in [-0.39, 0.29) is 17.3 Å². The number of benzene rings is 2. The third kappa shape index (κ3) is 5.70. The first kappa shape index (κ1) is 21.9. The molecule has 0 saturated carbocycles. The molecule has 5 nitrogen and oxygen atoms in total. The number of hydrogen-bond donors (Lipinski definition) is 1. The van der Waals surface area contributed by atoms with Gasteiger partial charge in [-0.25, -0.2) is 4.39 Å². The Labute approximate surface area is 184 Å². The van der Waals surface area contributed by atoms with Crippen molar-refractivity contribution < 1.29 is 13.9 Å². The summed E-state index contributed by atoms with van der Waals surface area (Å²) < 4.78 is 19.6. The molecule has 2 aliphatic heterocycles. The zero-order chi connectivity index (χ0) is 21.8. The van der Waals surface area contributed by atoms with Crippen LogP contribution in [0, 0.1) is 12.7 Å². The second-order valence-electron chi connectivity index (χ2n) is 9.09. The van der Waals surface area contributed by atoms with Gasteiger partial charge in [-0.1, -0.05) is 42.0 Å². The van der Waals surface area contributed by atoms with Crippen molar-refractivity contribution >= 4 is 5.91 Å². The first-order valence-electron chi connectivity index (χ1n) is 11.1. The zero-order valence-corrected chi connectivity index (χ0v) is 18.4. The van der Waals surface area contributed by atoms with E-state index in [0.29, 0.717) is 13.1 Å². The molecular formula is C25H32FN3O2. The lowest BCUT2D eigenvalue weighted by atomic mass is 9.88. The zero-order valence-electron chi connectivity index (χ0n) is 18.4. The van der Waals surface area contributed by atoms with Crippen LogP contribution < -0.4 is 5.32 Å². The topological polar surface area (TPSA) is 44.8 Å². The summed E-state index contributed by atoms with van der Waals surface area (Å²) in [6.45, 7) is 6.65. The number of amides is 1. The van der Waals surface area contributed by atoms with Crippen LogP contribution in [0.3, 0.4) is 0 Å². The molecule has 6 heteroatoms. The van der Waals surface area contributed by atoms with E-state index in [2.05, 4.69) is 41.2 Å². The van der Waals surface area contributed by atoms with Gasteiger partial charge in [0.25, 0.3) is 5.91 Å². The molecule has 1 atom stereocenters. The minimum Gasteiger partial charge on any atom is -0.359 e. The van der Waals surface area contributed by atoms with Crippen molar-refractivity contribution in [2.24, 2.45) is 0 Å². The van der Waals surface area contributed by atoms with E-state index < -0.39 is 6.10 Å². The van der Waals surface area contributed by atoms with Gasteiger partial charge >= 0.3 is 0 Å². The fourth-order valence-electron chi connectivity index (χ4n) is 4.60. The summed E-state index contributed by atoms with van der Waals surface area (Å²) >= 11 is 0. The first-order chi connectivity index (χ1) is 14.9. The van der Waals surface area contributed by atoms with E-state index >= 15 is 0 Å². The van der Waals surface area contributed by atoms with E-state index in [9.17, 15) is 9.18 Å². The molecule has 2 fully saturated rings. The molecule has 1 N–H and O–H groups in total. The van der Waals surface area contributed by atoms with Crippen LogP contribution in [0.5, 0.6) is 0 Å². The van der Waals surface area contributed by atoms with Crippen molar-refractivity contribution in [2.45, 2.75) is 44.6 Å². The molecular weight excluding hydrogens is 393 g/mol. The monoisotopic (exact) mass is 425 g/mol. The summed E-state index contributed by atoms with van der Waals surface area (Å²) in [5, 5.41) is 3.05. The van der Waals surface area contributed by atoms with Gasteiger partial charge in [0, 0.05) is 39.3 Å². The highest BCUT2D eigenvalue weighted by Gasteiger charge is 2.43. The minimum atomic E-state index is -0.451. The summed E-state index contributed by atoms with van der Waals surface area (Å²) in [4.78, 5) is 17.4. The number of hydrogen-bond acceptors (Lipinski definition) is 4. The molecule has 2 aliphatic rings. The summed E-state index contributed by atoms with van der Waals surface area (Å²) in [5.41, 5.74) is 3.14. The molecule has 2 heterocycles. The number of halogens is 1. The van der Waals surface area contributed by atoms with Crippen molar-refractivity contribution in [1.82, 2.24) is 15.1 Å². The largest absolute Gasteiger partial charge is 0.359 e. The third-order valence-electron chi connectivity index (χ3n) is 6.39. The smallest absolute Gasteiger partial charge is 0.250 e. The average Bonchev–Trinajstić information content (AvgIpc) is 2.76. The number of morpholine rings is 1. The Morgan fingerprint density at radius 3 is 2.42 bits per heavy atom. The molecule has 2 aromatic carbocycles. The fourth-order valence-corrected chi connectivity index (χ4v) is 4.60. The van der Waals surface area contributed by atoms with Crippen LogP contribution in [0.1, 0.15) is 29.5 Å². The number of carbonyl (C=O) groups excluding carboxylic acids is 1. The van der Waals surface area contributed by atoms with Crippen LogP contribution in [-0.2, 0) is 22.6 Å². The number of rotatable bonds is 5. The Bertz CT molecular complexity index is 877. The molecule has 0 bridgehead atoms. The minimum absolute atomic E-state index is 0.0414. The molecule has 31 heavy (non-hydrogen) atoms. The van der Waals surface area contributed by atoms with E-state index in [1.54, 1.807) is 0 Å². The standard InChI is InChI=1S/C25H32FN3O2/c1-19-3-5-20(6-4-19)15-27-24(30)23-17-28(2)18-25(31-23)11-13-29(14-12-25)16-21-7-9-22(26)10-8-21/h3-10,23H,11-18H2,1-2H3,(H,27,30). The molecule has 0 aliphatic carbocycles. The molecule has 166 valence electrons. The predicted molar refractivity (Wildman–Crippen MR) is 119 cm³/mol. The van der Waals surface area contributed by atoms with Crippen LogP contribution in [0.2, 0.25) is 0 Å². The molecule has 1 unspecified atom stereocenters. The van der Waals surface area contributed by atoms with Crippen molar-refractivity contribution in [3.8, 4) is 0 Å². The normalized spacial score (nSPS) is 21.8. The number of piperidine rings is 1. The number of aryl methyl sites for hydroxylation is 1. The quantitative estimate of drug-likeness (QED) is 0.800. The average molecular weight is 426 g/mol. The number of ether oxygens (including phenoxy) is 1. The molecule has 2 saturated heterocycles. The molecule has 4 rings (SSSR count). The Morgan fingerprint density at radius 2 is 1.74 bits per heavy atom. The van der Waals surface area contributed by atoms with Gasteiger partial charge in [-0.2, -0.15) is 0 Å². The lowest BCUT2D eigenvalue weighted by molar-refractivity contribution is -0.182. The third-order valence-corrected chi connectivity index (χ3v) is 6.39. The maximum absolute atomic E-state index is 13.1. The number of nitrogens with one attached hydrogen (secondary N) is 1. The second-order valence-corrected chi connectivity index (χ2v) is 9.09. The van der Waals surface area contributed by atoms with Crippen molar-refractivity contribution in [1.29, 1.82) is 0 Å². The maximum atomic E-state index is 13.1. The van der Waals surface area contributed by atoms with Crippen LogP contribution in [-0.4, -0.2) is 60.6 Å². The lowest BCUT2D eigenvalue weighted by Gasteiger charge is -2.48. The van der Waals surface area contributed by atoms with Gasteiger partial charge in [-0.05, 0) is 50.1 Å². The second kappa shape index (κ2) is 9.47. The van der Waals surface area contributed by atoms with Crippen LogP contribution in [0.25, 0.3) is 0 Å². The molecule has 2 aromatic rings. The molecule has 1 spiro atoms. The number of likely N-dealkylation sites (tertiary alicyclic amines) is 1. The van der Waals surface area contributed by atoms with Gasteiger partial charge in [0.05, 0.1) is 5.60 Å². The van der Waals surface area contributed by atoms with E-state index in [1.165, 1.54) is 17.7 Å². The number of carbonyl (C=O) groups is 1. The SMILES string of the molecule is Cc1ccc(CNC(=O)C2CN(C)CC3(CCN(Cc4ccc(F)cc4)CC3)O2)cc1. The van der Waals surface area contributed by atoms with E-state index in [4.69, 9.17) is 4.74 Å². The van der Waals surface area contributed by atoms with E-state index in [1.807, 2.05) is 24.3 Å². The highest BCUT2D eigenvalue weighted by molar-refractivity contribution is 5.81. The van der Waals surface area contributed by atoms with Gasteiger partial charge in [-0.15, -0.1) is 0 Å². The van der Waals surface area contributed by atoms with Gasteiger partial charge in [-0.3, -0.25) is 9.69 Å². The highest BCUT2D eigenvalue weighted by atomic mass is 19.1. The summed E-state index contributed by atoms with van der Waals surface area (Å²) in [6.07, 6.45) is 1.33. The first-order valence-corrected chi connectivity index (χ1v) is 11.1. The maximum Gasteiger partial charge on any atom is 0.250 e. The van der Waals surface area contributed by atoms with Crippen molar-refractivity contribution in [3.63, 3.8) is 0 Å². The summed E-state index contributed by atoms with van der Waals surface area (Å²) in [7, 11) is 2.06. The fraction of sp³-hybridized carbons (Fsp3) is 0.480. The Balaban J connectivity index is 1.31. The van der Waals surface area contributed by atoms with Crippen LogP contribution in [0.4, 0.5) is 4.39 Å². The van der Waals surface area contributed by atoms with Gasteiger partial charge in [0.2, 0.25) is 0 Å². The van der Waals surface area contributed by atoms with Crippen molar-refractivity contribution in [3.05, 3.63) is 71.0 Å². The van der Waals surface area contributed by atoms with Crippen LogP contribution >= 0.6 is 0 Å². The Hall–Kier alpha value is -2.28. The predicted octanol–water partition coefficient (Wildman–Crippen LogP) is 3.12. The van der Waals surface area contributed by atoms with Gasteiger partial charge in [0.1, 0.15) is 11.9 Å². The summed E-state index contributed by atoms with van der Waals surface area (Å²) in [5.74, 6) is -0.244. The van der Waals surface area contributed by atoms with Crippen LogP contribution in [0.15, 0.2) is 48.5 Å².